The van der Waals surface area contributed by atoms with E-state index in [9.17, 15) is 13.9 Å². The maximum Gasteiger partial charge on any atom is 0.274 e. The van der Waals surface area contributed by atoms with Crippen LogP contribution in [0.2, 0.25) is 0 Å². The summed E-state index contributed by atoms with van der Waals surface area (Å²) in [7, 11) is -3.14. The number of carbonyl (C=O) groups is 1. The Morgan fingerprint density at radius 3 is 2.69 bits per heavy atom. The minimum absolute atomic E-state index is 0.0743. The molecule has 0 atom stereocenters. The average molecular weight is 508 g/mol. The number of nitrogens with zero attached hydrogens (tertiary/aromatic N) is 5. The zero-order chi connectivity index (χ0) is 24.9. The highest BCUT2D eigenvalue weighted by Crippen LogP contribution is 2.59. The molecule has 2 N–H and O–H groups in total. The number of ether oxygens (including phenoxy) is 1. The van der Waals surface area contributed by atoms with Crippen molar-refractivity contribution in [3.8, 4) is 28.3 Å². The third-order valence-corrected chi connectivity index (χ3v) is 8.20. The average Bonchev–Trinajstić information content (AvgIpc) is 3.54. The number of hydrogen-bond donors (Lipinski definition) is 2. The molecule has 2 aliphatic rings. The van der Waals surface area contributed by atoms with Gasteiger partial charge in [0.1, 0.15) is 0 Å². The lowest BCUT2D eigenvalue weighted by atomic mass is 10.0. The Morgan fingerprint density at radius 2 is 1.92 bits per heavy atom. The van der Waals surface area contributed by atoms with Gasteiger partial charge in [0.05, 0.1) is 35.2 Å². The fourth-order valence-electron chi connectivity index (χ4n) is 4.66. The van der Waals surface area contributed by atoms with E-state index in [-0.39, 0.29) is 17.4 Å². The molecule has 0 unspecified atom stereocenters. The number of aromatic nitrogens is 4. The lowest BCUT2D eigenvalue weighted by Gasteiger charge is -2.38. The van der Waals surface area contributed by atoms with Crippen molar-refractivity contribution < 1.29 is 23.2 Å². The van der Waals surface area contributed by atoms with Crippen molar-refractivity contribution in [1.82, 2.24) is 24.8 Å². The monoisotopic (exact) mass is 507 g/mol. The summed E-state index contributed by atoms with van der Waals surface area (Å²) in [6.07, 6.45) is 0.634. The SMILES string of the molecule is CCc1nc(-c2cccc(-n3nc(C(=O)N4CCOCC4)c4c3-c3ccccc3S(O)(O)C4)c2)no1. The van der Waals surface area contributed by atoms with Gasteiger partial charge < -0.3 is 14.2 Å². The summed E-state index contributed by atoms with van der Waals surface area (Å²) in [6.45, 7) is 3.78. The van der Waals surface area contributed by atoms with Gasteiger partial charge in [0.25, 0.3) is 5.91 Å². The van der Waals surface area contributed by atoms with Crippen molar-refractivity contribution in [1.29, 1.82) is 0 Å². The predicted octanol–water partition coefficient (Wildman–Crippen LogP) is 4.25. The number of aryl methyl sites for hydroxylation is 1. The minimum Gasteiger partial charge on any atom is -0.378 e. The van der Waals surface area contributed by atoms with Crippen LogP contribution in [0.1, 0.15) is 28.9 Å². The number of rotatable bonds is 4. The fourth-order valence-corrected chi connectivity index (χ4v) is 6.30. The highest BCUT2D eigenvalue weighted by molar-refractivity contribution is 8.23. The Balaban J connectivity index is 1.53. The first-order valence-electron chi connectivity index (χ1n) is 11.7. The molecule has 0 bridgehead atoms. The number of amides is 1. The number of fused-ring (bicyclic) bond motifs is 3. The number of hydrogen-bond acceptors (Lipinski definition) is 8. The maximum atomic E-state index is 13.6. The van der Waals surface area contributed by atoms with E-state index in [0.29, 0.717) is 71.8 Å². The quantitative estimate of drug-likeness (QED) is 0.420. The lowest BCUT2D eigenvalue weighted by molar-refractivity contribution is 0.0298. The van der Waals surface area contributed by atoms with Crippen LogP contribution in [0.25, 0.3) is 28.3 Å². The van der Waals surface area contributed by atoms with Crippen molar-refractivity contribution in [2.24, 2.45) is 0 Å². The summed E-state index contributed by atoms with van der Waals surface area (Å²) in [5, 5.41) is 8.85. The summed E-state index contributed by atoms with van der Waals surface area (Å²) in [4.78, 5) is 20.1. The highest BCUT2D eigenvalue weighted by Gasteiger charge is 2.37. The summed E-state index contributed by atoms with van der Waals surface area (Å²) in [5.41, 5.74) is 3.51. The van der Waals surface area contributed by atoms with Crippen LogP contribution in [0.5, 0.6) is 0 Å². The molecule has 1 fully saturated rings. The first kappa shape index (κ1) is 22.9. The zero-order valence-corrected chi connectivity index (χ0v) is 20.4. The van der Waals surface area contributed by atoms with Gasteiger partial charge in [-0.3, -0.25) is 13.9 Å². The molecule has 0 radical (unpaired) electrons. The van der Waals surface area contributed by atoms with E-state index in [1.165, 1.54) is 0 Å². The van der Waals surface area contributed by atoms with Crippen LogP contribution in [0.3, 0.4) is 0 Å². The second kappa shape index (κ2) is 8.86. The lowest BCUT2D eigenvalue weighted by Crippen LogP contribution is -2.41. The largest absolute Gasteiger partial charge is 0.378 e. The molecule has 0 aliphatic carbocycles. The van der Waals surface area contributed by atoms with Crippen LogP contribution < -0.4 is 0 Å². The highest BCUT2D eigenvalue weighted by atomic mass is 32.3. The predicted molar refractivity (Wildman–Crippen MR) is 133 cm³/mol. The third kappa shape index (κ3) is 3.80. The molecule has 1 saturated heterocycles. The van der Waals surface area contributed by atoms with Gasteiger partial charge in [-0.15, -0.1) is 0 Å². The van der Waals surface area contributed by atoms with Crippen LogP contribution in [0.4, 0.5) is 0 Å². The fraction of sp³-hybridized carbons (Fsp3) is 0.280. The van der Waals surface area contributed by atoms with E-state index in [1.807, 2.05) is 43.3 Å². The van der Waals surface area contributed by atoms with E-state index < -0.39 is 10.6 Å². The molecule has 0 saturated carbocycles. The number of morpholine rings is 1. The molecule has 2 aromatic carbocycles. The Hall–Kier alpha value is -3.51. The molecule has 2 aromatic heterocycles. The topological polar surface area (TPSA) is 127 Å². The summed E-state index contributed by atoms with van der Waals surface area (Å²) >= 11 is 0. The van der Waals surface area contributed by atoms with Crippen LogP contribution in [-0.4, -0.2) is 66.1 Å². The van der Waals surface area contributed by atoms with Crippen LogP contribution in [0.15, 0.2) is 57.9 Å². The Bertz CT molecular complexity index is 1460. The second-order valence-electron chi connectivity index (χ2n) is 8.72. The van der Waals surface area contributed by atoms with Gasteiger partial charge in [0.2, 0.25) is 11.7 Å². The molecule has 4 heterocycles. The van der Waals surface area contributed by atoms with Gasteiger partial charge in [0, 0.05) is 36.2 Å². The zero-order valence-electron chi connectivity index (χ0n) is 19.6. The molecule has 36 heavy (non-hydrogen) atoms. The van der Waals surface area contributed by atoms with Crippen molar-refractivity contribution in [2.45, 2.75) is 24.0 Å². The van der Waals surface area contributed by atoms with Crippen LogP contribution in [-0.2, 0) is 16.9 Å². The third-order valence-electron chi connectivity index (χ3n) is 6.44. The Kier molecular flexibility index (Phi) is 5.64. The smallest absolute Gasteiger partial charge is 0.274 e. The van der Waals surface area contributed by atoms with Gasteiger partial charge in [-0.1, -0.05) is 42.4 Å². The molecular weight excluding hydrogens is 482 g/mol. The molecule has 4 aromatic rings. The second-order valence-corrected chi connectivity index (χ2v) is 10.8. The van der Waals surface area contributed by atoms with E-state index in [2.05, 4.69) is 10.1 Å². The van der Waals surface area contributed by atoms with Gasteiger partial charge in [0.15, 0.2) is 5.69 Å². The van der Waals surface area contributed by atoms with Gasteiger partial charge in [-0.05, 0) is 18.2 Å². The van der Waals surface area contributed by atoms with Gasteiger partial charge >= 0.3 is 0 Å². The molecule has 0 spiro atoms. The summed E-state index contributed by atoms with van der Waals surface area (Å²) in [6, 6.07) is 14.7. The van der Waals surface area contributed by atoms with Crippen molar-refractivity contribution >= 4 is 16.5 Å². The first-order chi connectivity index (χ1) is 17.5. The van der Waals surface area contributed by atoms with E-state index >= 15 is 0 Å². The summed E-state index contributed by atoms with van der Waals surface area (Å²) in [5.74, 6) is 0.693. The van der Waals surface area contributed by atoms with Crippen molar-refractivity contribution in [3.63, 3.8) is 0 Å². The first-order valence-corrected chi connectivity index (χ1v) is 13.5. The number of carbonyl (C=O) groups excluding carboxylic acids is 1. The molecule has 10 nitrogen and oxygen atoms in total. The Labute approximate surface area is 208 Å². The Morgan fingerprint density at radius 1 is 1.11 bits per heavy atom. The normalized spacial score (nSPS) is 17.4. The van der Waals surface area contributed by atoms with E-state index in [4.69, 9.17) is 14.4 Å². The van der Waals surface area contributed by atoms with E-state index in [0.717, 1.165) is 5.56 Å². The van der Waals surface area contributed by atoms with Crippen LogP contribution >= 0.6 is 10.6 Å². The summed E-state index contributed by atoms with van der Waals surface area (Å²) < 4.78 is 34.4. The van der Waals surface area contributed by atoms with Crippen molar-refractivity contribution in [2.75, 3.05) is 26.3 Å². The van der Waals surface area contributed by atoms with E-state index in [1.54, 1.807) is 21.7 Å². The molecule has 6 rings (SSSR count). The number of benzene rings is 2. The van der Waals surface area contributed by atoms with Crippen molar-refractivity contribution in [3.05, 3.63) is 65.7 Å². The van der Waals surface area contributed by atoms with Gasteiger partial charge in [-0.25, -0.2) is 4.68 Å². The molecule has 186 valence electrons. The van der Waals surface area contributed by atoms with Gasteiger partial charge in [-0.2, -0.15) is 20.7 Å². The minimum atomic E-state index is -3.14. The van der Waals surface area contributed by atoms with Crippen LogP contribution in [0, 0.1) is 0 Å². The molecule has 1 amide bonds. The molecule has 11 heteroatoms. The molecule has 2 aliphatic heterocycles. The maximum absolute atomic E-state index is 13.6. The standard InChI is InChI=1S/C25H25N5O5S/c1-2-21-26-24(28-35-21)16-6-5-7-17(14-16)30-23-18-8-3-4-9-20(18)36(32,33)15-19(23)22(27-30)25(31)29-10-12-34-13-11-29/h3-9,14,32-33H,2,10-13,15H2,1H3. The molecular formula is C25H25N5O5S.